The highest BCUT2D eigenvalue weighted by Gasteiger charge is 2.23. The first-order valence-corrected chi connectivity index (χ1v) is 7.00. The monoisotopic (exact) mass is 293 g/mol. The van der Waals surface area contributed by atoms with Crippen LogP contribution in [0.3, 0.4) is 0 Å². The Morgan fingerprint density at radius 3 is 3.00 bits per heavy atom. The zero-order valence-corrected chi connectivity index (χ0v) is 12.0. The molecule has 1 saturated heterocycles. The highest BCUT2D eigenvalue weighted by Crippen LogP contribution is 2.19. The van der Waals surface area contributed by atoms with Crippen LogP contribution in [0.2, 0.25) is 0 Å². The van der Waals surface area contributed by atoms with E-state index < -0.39 is 5.97 Å². The molecule has 1 fully saturated rings. The molecule has 0 aliphatic carbocycles. The van der Waals surface area contributed by atoms with E-state index in [0.717, 1.165) is 12.8 Å². The molecule has 1 heterocycles. The Bertz CT molecular complexity index is 497. The molecule has 1 amide bonds. The minimum absolute atomic E-state index is 0.156. The number of esters is 1. The van der Waals surface area contributed by atoms with Gasteiger partial charge in [0.05, 0.1) is 6.61 Å². The van der Waals surface area contributed by atoms with Crippen LogP contribution in [0.5, 0.6) is 5.75 Å². The van der Waals surface area contributed by atoms with Crippen LogP contribution in [0.4, 0.5) is 5.69 Å². The largest absolute Gasteiger partial charge is 0.482 e. The van der Waals surface area contributed by atoms with Gasteiger partial charge in [-0.05, 0) is 31.9 Å². The molecule has 0 saturated carbocycles. The van der Waals surface area contributed by atoms with Crippen molar-refractivity contribution in [3.63, 3.8) is 0 Å². The summed E-state index contributed by atoms with van der Waals surface area (Å²) in [4.78, 5) is 23.1. The van der Waals surface area contributed by atoms with Gasteiger partial charge in [0.25, 0.3) is 5.91 Å². The van der Waals surface area contributed by atoms with Gasteiger partial charge in [0.2, 0.25) is 0 Å². The van der Waals surface area contributed by atoms with Crippen LogP contribution >= 0.6 is 0 Å². The van der Waals surface area contributed by atoms with E-state index in [2.05, 4.69) is 5.32 Å². The Morgan fingerprint density at radius 1 is 1.43 bits per heavy atom. The van der Waals surface area contributed by atoms with Gasteiger partial charge >= 0.3 is 5.97 Å². The summed E-state index contributed by atoms with van der Waals surface area (Å²) in [6, 6.07) is 6.86. The number of rotatable bonds is 6. The van der Waals surface area contributed by atoms with Gasteiger partial charge in [-0.3, -0.25) is 4.79 Å². The standard InChI is InChI=1S/C15H19NO5/c1-2-19-14(17)10-21-12-6-3-5-11(9-12)16-15(18)13-7-4-8-20-13/h3,5-6,9,13H,2,4,7-8,10H2,1H3,(H,16,18). The van der Waals surface area contributed by atoms with E-state index in [0.29, 0.717) is 24.7 Å². The topological polar surface area (TPSA) is 73.9 Å². The third-order valence-corrected chi connectivity index (χ3v) is 2.99. The lowest BCUT2D eigenvalue weighted by Crippen LogP contribution is -2.26. The smallest absolute Gasteiger partial charge is 0.344 e. The Balaban J connectivity index is 1.88. The van der Waals surface area contributed by atoms with E-state index in [-0.39, 0.29) is 18.6 Å². The van der Waals surface area contributed by atoms with Crippen molar-refractivity contribution >= 4 is 17.6 Å². The number of anilines is 1. The van der Waals surface area contributed by atoms with Gasteiger partial charge < -0.3 is 19.5 Å². The van der Waals surface area contributed by atoms with Gasteiger partial charge in [0.1, 0.15) is 11.9 Å². The number of hydrogen-bond donors (Lipinski definition) is 1. The second kappa shape index (κ2) is 7.64. The minimum atomic E-state index is -0.425. The van der Waals surface area contributed by atoms with E-state index in [4.69, 9.17) is 14.2 Å². The summed E-state index contributed by atoms with van der Waals surface area (Å²) in [5.41, 5.74) is 0.608. The van der Waals surface area contributed by atoms with Gasteiger partial charge in [-0.15, -0.1) is 0 Å². The fraction of sp³-hybridized carbons (Fsp3) is 0.467. The molecule has 6 heteroatoms. The number of benzene rings is 1. The predicted octanol–water partition coefficient (Wildman–Crippen LogP) is 1.75. The lowest BCUT2D eigenvalue weighted by atomic mass is 10.2. The molecule has 2 rings (SSSR count). The van der Waals surface area contributed by atoms with Crippen molar-refractivity contribution in [2.75, 3.05) is 25.1 Å². The van der Waals surface area contributed by atoms with Crippen molar-refractivity contribution in [1.82, 2.24) is 0 Å². The first kappa shape index (κ1) is 15.3. The quantitative estimate of drug-likeness (QED) is 0.809. The molecule has 1 aliphatic rings. The van der Waals surface area contributed by atoms with E-state index in [1.165, 1.54) is 0 Å². The third kappa shape index (κ3) is 4.75. The minimum Gasteiger partial charge on any atom is -0.482 e. The number of ether oxygens (including phenoxy) is 3. The number of hydrogen-bond acceptors (Lipinski definition) is 5. The fourth-order valence-electron chi connectivity index (χ4n) is 2.02. The molecule has 1 unspecified atom stereocenters. The lowest BCUT2D eigenvalue weighted by Gasteiger charge is -2.11. The Morgan fingerprint density at radius 2 is 2.29 bits per heavy atom. The maximum Gasteiger partial charge on any atom is 0.344 e. The normalized spacial score (nSPS) is 17.3. The van der Waals surface area contributed by atoms with Crippen molar-refractivity contribution < 1.29 is 23.8 Å². The van der Waals surface area contributed by atoms with E-state index in [1.54, 1.807) is 31.2 Å². The second-order valence-electron chi connectivity index (χ2n) is 4.61. The molecule has 0 aromatic heterocycles. The average Bonchev–Trinajstić information content (AvgIpc) is 3.00. The SMILES string of the molecule is CCOC(=O)COc1cccc(NC(=O)C2CCCO2)c1. The lowest BCUT2D eigenvalue weighted by molar-refractivity contribution is -0.145. The summed E-state index contributed by atoms with van der Waals surface area (Å²) < 4.78 is 15.4. The Hall–Kier alpha value is -2.08. The molecule has 114 valence electrons. The molecule has 6 nitrogen and oxygen atoms in total. The first-order valence-electron chi connectivity index (χ1n) is 7.00. The van der Waals surface area contributed by atoms with Crippen LogP contribution in [0.1, 0.15) is 19.8 Å². The maximum atomic E-state index is 11.9. The number of carbonyl (C=O) groups is 2. The van der Waals surface area contributed by atoms with Crippen LogP contribution in [0.15, 0.2) is 24.3 Å². The number of amides is 1. The zero-order chi connectivity index (χ0) is 15.1. The second-order valence-corrected chi connectivity index (χ2v) is 4.61. The van der Waals surface area contributed by atoms with E-state index in [9.17, 15) is 9.59 Å². The Kier molecular flexibility index (Phi) is 5.57. The van der Waals surface area contributed by atoms with Crippen molar-refractivity contribution in [2.45, 2.75) is 25.9 Å². The summed E-state index contributed by atoms with van der Waals surface area (Å²) in [6.07, 6.45) is 1.26. The molecule has 1 aromatic rings. The number of carbonyl (C=O) groups excluding carboxylic acids is 2. The fourth-order valence-corrected chi connectivity index (χ4v) is 2.02. The molecule has 0 radical (unpaired) electrons. The molecular weight excluding hydrogens is 274 g/mol. The maximum absolute atomic E-state index is 11.9. The van der Waals surface area contributed by atoms with Crippen molar-refractivity contribution in [3.05, 3.63) is 24.3 Å². The van der Waals surface area contributed by atoms with Gasteiger partial charge in [0.15, 0.2) is 6.61 Å². The highest BCUT2D eigenvalue weighted by atomic mass is 16.6. The van der Waals surface area contributed by atoms with Crippen LogP contribution < -0.4 is 10.1 Å². The van der Waals surface area contributed by atoms with Gasteiger partial charge in [0, 0.05) is 18.4 Å². The summed E-state index contributed by atoms with van der Waals surface area (Å²) in [5.74, 6) is -0.0884. The van der Waals surface area contributed by atoms with Gasteiger partial charge in [-0.2, -0.15) is 0 Å². The predicted molar refractivity (Wildman–Crippen MR) is 76.2 cm³/mol. The van der Waals surface area contributed by atoms with Crippen molar-refractivity contribution in [3.8, 4) is 5.75 Å². The molecule has 1 N–H and O–H groups in total. The van der Waals surface area contributed by atoms with Crippen LogP contribution in [0.25, 0.3) is 0 Å². The first-order chi connectivity index (χ1) is 10.2. The van der Waals surface area contributed by atoms with E-state index in [1.807, 2.05) is 0 Å². The molecular formula is C15H19NO5. The number of nitrogens with one attached hydrogen (secondary N) is 1. The summed E-state index contributed by atoms with van der Waals surface area (Å²) >= 11 is 0. The van der Waals surface area contributed by atoms with Crippen LogP contribution in [-0.4, -0.2) is 37.8 Å². The van der Waals surface area contributed by atoms with Crippen LogP contribution in [-0.2, 0) is 19.1 Å². The summed E-state index contributed by atoms with van der Waals surface area (Å²) in [7, 11) is 0. The zero-order valence-electron chi connectivity index (χ0n) is 12.0. The van der Waals surface area contributed by atoms with Crippen molar-refractivity contribution in [1.29, 1.82) is 0 Å². The van der Waals surface area contributed by atoms with Crippen LogP contribution in [0, 0.1) is 0 Å². The Labute approximate surface area is 123 Å². The summed E-state index contributed by atoms with van der Waals surface area (Å²) in [6.45, 7) is 2.52. The highest BCUT2D eigenvalue weighted by molar-refractivity contribution is 5.94. The molecule has 1 atom stereocenters. The average molecular weight is 293 g/mol. The van der Waals surface area contributed by atoms with Crippen molar-refractivity contribution in [2.24, 2.45) is 0 Å². The molecule has 0 spiro atoms. The molecule has 0 bridgehead atoms. The molecule has 21 heavy (non-hydrogen) atoms. The van der Waals surface area contributed by atoms with E-state index >= 15 is 0 Å². The summed E-state index contributed by atoms with van der Waals surface area (Å²) in [5, 5.41) is 2.78. The van der Waals surface area contributed by atoms with Gasteiger partial charge in [-0.1, -0.05) is 6.07 Å². The third-order valence-electron chi connectivity index (χ3n) is 2.99. The molecule has 1 aromatic carbocycles. The molecule has 1 aliphatic heterocycles. The van der Waals surface area contributed by atoms with Gasteiger partial charge in [-0.25, -0.2) is 4.79 Å².